The van der Waals surface area contributed by atoms with Crippen molar-refractivity contribution in [2.75, 3.05) is 29.6 Å². The predicted molar refractivity (Wildman–Crippen MR) is 136 cm³/mol. The molecule has 0 aliphatic rings. The first-order valence-corrected chi connectivity index (χ1v) is 11.0. The van der Waals surface area contributed by atoms with Gasteiger partial charge in [-0.3, -0.25) is 9.59 Å². The van der Waals surface area contributed by atoms with Gasteiger partial charge in [-0.15, -0.1) is 0 Å². The highest BCUT2D eigenvalue weighted by atomic mass is 16.2. The van der Waals surface area contributed by atoms with Crippen LogP contribution in [0.5, 0.6) is 0 Å². The van der Waals surface area contributed by atoms with E-state index >= 15 is 0 Å². The Bertz CT molecular complexity index is 1330. The van der Waals surface area contributed by atoms with Crippen molar-refractivity contribution in [3.63, 3.8) is 0 Å². The molecule has 0 atom stereocenters. The molecule has 0 bridgehead atoms. The van der Waals surface area contributed by atoms with Crippen LogP contribution in [0.15, 0.2) is 78.9 Å². The van der Waals surface area contributed by atoms with Gasteiger partial charge >= 0.3 is 0 Å². The maximum absolute atomic E-state index is 13.0. The maximum atomic E-state index is 13.0. The quantitative estimate of drug-likeness (QED) is 0.428. The van der Waals surface area contributed by atoms with Crippen LogP contribution in [0.1, 0.15) is 32.1 Å². The highest BCUT2D eigenvalue weighted by Gasteiger charge is 2.17. The summed E-state index contributed by atoms with van der Waals surface area (Å²) in [5.41, 5.74) is 5.69. The molecule has 3 aromatic carbocycles. The summed E-state index contributed by atoms with van der Waals surface area (Å²) in [7, 11) is 3.89. The zero-order valence-corrected chi connectivity index (χ0v) is 19.7. The number of nitrogens with one attached hydrogen (secondary N) is 2. The third-order valence-corrected chi connectivity index (χ3v) is 5.56. The number of anilines is 3. The summed E-state index contributed by atoms with van der Waals surface area (Å²) in [6.45, 7) is 3.78. The van der Waals surface area contributed by atoms with Gasteiger partial charge in [-0.05, 0) is 68.4 Å². The molecule has 0 spiro atoms. The molecule has 1 heterocycles. The van der Waals surface area contributed by atoms with E-state index in [0.717, 1.165) is 22.8 Å². The Morgan fingerprint density at radius 1 is 0.794 bits per heavy atom. The summed E-state index contributed by atoms with van der Waals surface area (Å²) in [4.78, 5) is 27.6. The molecule has 0 fully saturated rings. The van der Waals surface area contributed by atoms with Crippen LogP contribution < -0.4 is 15.5 Å². The lowest BCUT2D eigenvalue weighted by Gasteiger charge is -2.13. The molecule has 0 aliphatic carbocycles. The molecule has 1 aromatic heterocycles. The van der Waals surface area contributed by atoms with Gasteiger partial charge in [-0.2, -0.15) is 5.10 Å². The van der Waals surface area contributed by atoms with E-state index < -0.39 is 0 Å². The number of aromatic nitrogens is 2. The molecule has 34 heavy (non-hydrogen) atoms. The van der Waals surface area contributed by atoms with Crippen molar-refractivity contribution in [2.24, 2.45) is 0 Å². The monoisotopic (exact) mass is 453 g/mol. The van der Waals surface area contributed by atoms with Gasteiger partial charge in [0.15, 0.2) is 0 Å². The molecule has 172 valence electrons. The fraction of sp³-hybridized carbons (Fsp3) is 0.148. The van der Waals surface area contributed by atoms with Crippen molar-refractivity contribution in [2.45, 2.75) is 13.8 Å². The summed E-state index contributed by atoms with van der Waals surface area (Å²) in [6, 6.07) is 24.0. The maximum Gasteiger partial charge on any atom is 0.255 e. The molecule has 7 nitrogen and oxygen atoms in total. The summed E-state index contributed by atoms with van der Waals surface area (Å²) in [6.07, 6.45) is 0. The largest absolute Gasteiger partial charge is 0.378 e. The Hall–Kier alpha value is -4.39. The standard InChI is InChI=1S/C27H27N5O2/c1-18-25(19(2)32(30-18)24-11-6-5-7-12-24)29-27(34)21-9-8-10-22(17-21)28-26(33)20-13-15-23(16-14-20)31(3)4/h5-17H,1-4H3,(H,28,33)(H,29,34). The molecule has 0 saturated heterocycles. The predicted octanol–water partition coefficient (Wildman–Crippen LogP) is 5.06. The zero-order chi connectivity index (χ0) is 24.2. The van der Waals surface area contributed by atoms with Crippen molar-refractivity contribution >= 4 is 28.9 Å². The smallest absolute Gasteiger partial charge is 0.255 e. The van der Waals surface area contributed by atoms with Crippen LogP contribution in [0.25, 0.3) is 5.69 Å². The number of rotatable bonds is 6. The van der Waals surface area contributed by atoms with E-state index in [4.69, 9.17) is 0 Å². The highest BCUT2D eigenvalue weighted by Crippen LogP contribution is 2.24. The first kappa shape index (κ1) is 22.8. The van der Waals surface area contributed by atoms with Gasteiger partial charge in [0, 0.05) is 36.6 Å². The molecular weight excluding hydrogens is 426 g/mol. The molecule has 4 aromatic rings. The number of carbonyl (C=O) groups is 2. The van der Waals surface area contributed by atoms with Crippen molar-refractivity contribution in [1.82, 2.24) is 9.78 Å². The zero-order valence-electron chi connectivity index (χ0n) is 19.7. The average Bonchev–Trinajstić information content (AvgIpc) is 3.13. The summed E-state index contributed by atoms with van der Waals surface area (Å²) >= 11 is 0. The van der Waals surface area contributed by atoms with Crippen molar-refractivity contribution in [3.05, 3.63) is 101 Å². The van der Waals surface area contributed by atoms with E-state index in [2.05, 4.69) is 15.7 Å². The minimum Gasteiger partial charge on any atom is -0.378 e. The summed E-state index contributed by atoms with van der Waals surface area (Å²) < 4.78 is 1.81. The highest BCUT2D eigenvalue weighted by molar-refractivity contribution is 6.07. The second kappa shape index (κ2) is 9.62. The van der Waals surface area contributed by atoms with Gasteiger partial charge in [0.1, 0.15) is 0 Å². The van der Waals surface area contributed by atoms with E-state index in [0.29, 0.717) is 22.5 Å². The summed E-state index contributed by atoms with van der Waals surface area (Å²) in [5.74, 6) is -0.510. The van der Waals surface area contributed by atoms with Gasteiger partial charge in [-0.25, -0.2) is 4.68 Å². The van der Waals surface area contributed by atoms with E-state index in [-0.39, 0.29) is 11.8 Å². The lowest BCUT2D eigenvalue weighted by Crippen LogP contribution is -2.15. The van der Waals surface area contributed by atoms with Gasteiger partial charge in [-0.1, -0.05) is 24.3 Å². The fourth-order valence-corrected chi connectivity index (χ4v) is 3.68. The fourth-order valence-electron chi connectivity index (χ4n) is 3.68. The normalized spacial score (nSPS) is 10.6. The van der Waals surface area contributed by atoms with Gasteiger partial charge in [0.2, 0.25) is 0 Å². The van der Waals surface area contributed by atoms with Gasteiger partial charge < -0.3 is 15.5 Å². The van der Waals surface area contributed by atoms with Crippen LogP contribution in [0.2, 0.25) is 0 Å². The van der Waals surface area contributed by atoms with Crippen molar-refractivity contribution in [3.8, 4) is 5.69 Å². The van der Waals surface area contributed by atoms with Crippen molar-refractivity contribution < 1.29 is 9.59 Å². The second-order valence-corrected chi connectivity index (χ2v) is 8.22. The van der Waals surface area contributed by atoms with Gasteiger partial charge in [0.05, 0.1) is 22.8 Å². The Balaban J connectivity index is 1.49. The number of carbonyl (C=O) groups excluding carboxylic acids is 2. The average molecular weight is 454 g/mol. The molecule has 0 radical (unpaired) electrons. The number of hydrogen-bond donors (Lipinski definition) is 2. The van der Waals surface area contributed by atoms with Crippen LogP contribution >= 0.6 is 0 Å². The molecule has 0 aliphatic heterocycles. The molecule has 0 unspecified atom stereocenters. The number of amides is 2. The Morgan fingerprint density at radius 2 is 1.47 bits per heavy atom. The topological polar surface area (TPSA) is 79.3 Å². The number of hydrogen-bond acceptors (Lipinski definition) is 4. The number of nitrogens with zero attached hydrogens (tertiary/aromatic N) is 3. The molecule has 7 heteroatoms. The molecule has 2 N–H and O–H groups in total. The molecule has 4 rings (SSSR count). The Labute approximate surface area is 199 Å². The van der Waals surface area contributed by atoms with E-state index in [1.807, 2.05) is 80.0 Å². The SMILES string of the molecule is Cc1nn(-c2ccccc2)c(C)c1NC(=O)c1cccc(NC(=O)c2ccc(N(C)C)cc2)c1. The van der Waals surface area contributed by atoms with E-state index in [1.165, 1.54) is 0 Å². The summed E-state index contributed by atoms with van der Waals surface area (Å²) in [5, 5.41) is 10.4. The molecular formula is C27H27N5O2. The minimum atomic E-state index is -0.273. The number of para-hydroxylation sites is 1. The molecule has 0 saturated carbocycles. The number of aryl methyl sites for hydroxylation is 1. The van der Waals surface area contributed by atoms with Crippen LogP contribution in [0, 0.1) is 13.8 Å². The second-order valence-electron chi connectivity index (χ2n) is 8.22. The van der Waals surface area contributed by atoms with Gasteiger partial charge in [0.25, 0.3) is 11.8 Å². The first-order valence-electron chi connectivity index (χ1n) is 11.0. The van der Waals surface area contributed by atoms with Crippen LogP contribution in [-0.2, 0) is 0 Å². The van der Waals surface area contributed by atoms with Crippen LogP contribution in [-0.4, -0.2) is 35.7 Å². The number of benzene rings is 3. The first-order chi connectivity index (χ1) is 16.3. The molecule has 2 amide bonds. The van der Waals surface area contributed by atoms with Crippen LogP contribution in [0.4, 0.5) is 17.1 Å². The van der Waals surface area contributed by atoms with Crippen LogP contribution in [0.3, 0.4) is 0 Å². The van der Waals surface area contributed by atoms with E-state index in [9.17, 15) is 9.59 Å². The lowest BCUT2D eigenvalue weighted by molar-refractivity contribution is 0.101. The third kappa shape index (κ3) is 4.83. The van der Waals surface area contributed by atoms with E-state index in [1.54, 1.807) is 36.4 Å². The minimum absolute atomic E-state index is 0.237. The Morgan fingerprint density at radius 3 is 2.15 bits per heavy atom. The lowest BCUT2D eigenvalue weighted by atomic mass is 10.1. The third-order valence-electron chi connectivity index (χ3n) is 5.56. The Kier molecular flexibility index (Phi) is 6.45. The van der Waals surface area contributed by atoms with Crippen molar-refractivity contribution in [1.29, 1.82) is 0 Å².